The second-order valence-electron chi connectivity index (χ2n) is 9.38. The lowest BCUT2D eigenvalue weighted by Gasteiger charge is -2.26. The second-order valence-corrected chi connectivity index (χ2v) is 9.38. The number of nitrogens with one attached hydrogen (secondary N) is 2. The molecule has 0 bridgehead atoms. The van der Waals surface area contributed by atoms with Crippen molar-refractivity contribution in [2.75, 3.05) is 10.6 Å². The fraction of sp³-hybridized carbons (Fsp3) is 0.250. The first kappa shape index (κ1) is 23.0. The van der Waals surface area contributed by atoms with E-state index in [9.17, 15) is 0 Å². The smallest absolute Gasteiger partial charge is 0.231 e. The Hall–Kier alpha value is -4.74. The Morgan fingerprint density at radius 2 is 0.972 bits per heavy atom. The molecular weight excluding hydrogens is 456 g/mol. The summed E-state index contributed by atoms with van der Waals surface area (Å²) in [6, 6.07) is 19.5. The molecule has 2 aliphatic heterocycles. The Balaban J connectivity index is 0.000000148. The highest BCUT2D eigenvalue weighted by atomic mass is 15.5. The molecule has 0 unspecified atom stereocenters. The van der Waals surface area contributed by atoms with Gasteiger partial charge in [0.25, 0.3) is 0 Å². The van der Waals surface area contributed by atoms with Gasteiger partial charge in [-0.1, -0.05) is 60.7 Å². The highest BCUT2D eigenvalue weighted by Crippen LogP contribution is 2.24. The summed E-state index contributed by atoms with van der Waals surface area (Å²) in [6.45, 7) is 7.72. The molecule has 0 saturated heterocycles. The Kier molecular flexibility index (Phi) is 5.43. The minimum absolute atomic E-state index is 0.350. The van der Waals surface area contributed by atoms with E-state index in [0.29, 0.717) is 35.5 Å². The molecule has 6 N–H and O–H groups in total. The zero-order chi connectivity index (χ0) is 25.5. The van der Waals surface area contributed by atoms with Crippen LogP contribution in [0, 0.1) is 0 Å². The van der Waals surface area contributed by atoms with Gasteiger partial charge in [0.05, 0.1) is 0 Å². The summed E-state index contributed by atoms with van der Waals surface area (Å²) in [5.74, 6) is 3.20. The van der Waals surface area contributed by atoms with Gasteiger partial charge in [0.1, 0.15) is 11.3 Å². The van der Waals surface area contributed by atoms with E-state index in [2.05, 4.69) is 40.8 Å². The predicted octanol–water partition coefficient (Wildman–Crippen LogP) is 2.54. The normalized spacial score (nSPS) is 16.7. The molecule has 6 rings (SSSR count). The first-order chi connectivity index (χ1) is 17.1. The van der Waals surface area contributed by atoms with Crippen molar-refractivity contribution >= 4 is 23.8 Å². The van der Waals surface area contributed by atoms with Gasteiger partial charge in [0.15, 0.2) is 11.6 Å². The molecule has 0 aliphatic carbocycles. The van der Waals surface area contributed by atoms with Gasteiger partial charge in [-0.2, -0.15) is 19.3 Å². The highest BCUT2D eigenvalue weighted by molar-refractivity contribution is 5.85. The van der Waals surface area contributed by atoms with E-state index in [1.165, 1.54) is 9.36 Å². The average Bonchev–Trinajstić information content (AvgIpc) is 3.44. The van der Waals surface area contributed by atoms with Crippen molar-refractivity contribution in [3.63, 3.8) is 0 Å². The van der Waals surface area contributed by atoms with Gasteiger partial charge in [-0.15, -0.1) is 10.2 Å². The molecule has 0 saturated carbocycles. The maximum Gasteiger partial charge on any atom is 0.231 e. The van der Waals surface area contributed by atoms with E-state index in [4.69, 9.17) is 11.5 Å². The largest absolute Gasteiger partial charge is 0.368 e. The summed E-state index contributed by atoms with van der Waals surface area (Å²) in [4.78, 5) is 17.5. The number of hydrogen-bond donors (Lipinski definition) is 4. The lowest BCUT2D eigenvalue weighted by molar-refractivity contribution is 0.569. The van der Waals surface area contributed by atoms with Crippen molar-refractivity contribution in [3.05, 3.63) is 60.7 Å². The molecule has 2 aliphatic rings. The quantitative estimate of drug-likeness (QED) is 0.337. The summed E-state index contributed by atoms with van der Waals surface area (Å²) < 4.78 is 3.04. The molecule has 0 amide bonds. The maximum absolute atomic E-state index is 5.88. The third-order valence-electron chi connectivity index (χ3n) is 5.34. The fourth-order valence-corrected chi connectivity index (χ4v) is 3.80. The van der Waals surface area contributed by atoms with Gasteiger partial charge < -0.3 is 22.1 Å². The summed E-state index contributed by atoms with van der Waals surface area (Å²) in [5, 5.41) is 15.1. The molecule has 4 aromatic rings. The van der Waals surface area contributed by atoms with E-state index >= 15 is 0 Å². The van der Waals surface area contributed by atoms with E-state index in [1.54, 1.807) is 0 Å². The number of nitrogens with two attached hydrogens (primary N) is 2. The van der Waals surface area contributed by atoms with Gasteiger partial charge in [-0.25, -0.2) is 9.98 Å². The minimum Gasteiger partial charge on any atom is -0.368 e. The molecular formula is C24H28N12. The number of hydrogen-bond acceptors (Lipinski definition) is 10. The summed E-state index contributed by atoms with van der Waals surface area (Å²) in [7, 11) is 0. The first-order valence-electron chi connectivity index (χ1n) is 11.4. The second kappa shape index (κ2) is 8.48. The van der Waals surface area contributed by atoms with E-state index in [1.807, 2.05) is 88.4 Å². The van der Waals surface area contributed by atoms with Gasteiger partial charge in [-0.3, -0.25) is 0 Å². The van der Waals surface area contributed by atoms with E-state index < -0.39 is 11.3 Å². The van der Waals surface area contributed by atoms with Crippen LogP contribution in [0.1, 0.15) is 27.7 Å². The summed E-state index contributed by atoms with van der Waals surface area (Å²) in [5.41, 5.74) is 12.8. The van der Waals surface area contributed by atoms with Crippen LogP contribution in [0.4, 0.5) is 11.9 Å². The van der Waals surface area contributed by atoms with Crippen molar-refractivity contribution < 1.29 is 0 Å². The van der Waals surface area contributed by atoms with Crippen LogP contribution in [-0.4, -0.2) is 52.8 Å². The first-order valence-corrected chi connectivity index (χ1v) is 11.4. The van der Waals surface area contributed by atoms with Crippen molar-refractivity contribution in [2.24, 2.45) is 21.5 Å². The lowest BCUT2D eigenvalue weighted by Crippen LogP contribution is -2.41. The molecule has 36 heavy (non-hydrogen) atoms. The molecule has 184 valence electrons. The van der Waals surface area contributed by atoms with Crippen LogP contribution < -0.4 is 22.1 Å². The molecule has 12 heteroatoms. The van der Waals surface area contributed by atoms with E-state index in [0.717, 1.165) is 11.1 Å². The standard InChI is InChI=1S/2C12H14N6/c2*1-12(2)15-10(13)18-11(16-12)14-9(17-18)8-6-4-3-5-7-8/h2*3-7H,1-2H3,(H2,13,15)(H,14,16,17). The van der Waals surface area contributed by atoms with Crippen LogP contribution >= 0.6 is 0 Å². The summed E-state index contributed by atoms with van der Waals surface area (Å²) in [6.07, 6.45) is 0. The van der Waals surface area contributed by atoms with Crippen LogP contribution in [0.2, 0.25) is 0 Å². The zero-order valence-electron chi connectivity index (χ0n) is 20.5. The van der Waals surface area contributed by atoms with Crippen molar-refractivity contribution in [1.29, 1.82) is 0 Å². The number of anilines is 2. The Morgan fingerprint density at radius 1 is 0.611 bits per heavy atom. The molecule has 0 radical (unpaired) electrons. The van der Waals surface area contributed by atoms with Crippen molar-refractivity contribution in [2.45, 2.75) is 39.0 Å². The number of aliphatic imine (C=N–C) groups is 2. The molecule has 2 aromatic carbocycles. The highest BCUT2D eigenvalue weighted by Gasteiger charge is 2.28. The molecule has 0 fully saturated rings. The minimum atomic E-state index is -0.457. The van der Waals surface area contributed by atoms with Gasteiger partial charge in [0.2, 0.25) is 23.8 Å². The van der Waals surface area contributed by atoms with E-state index in [-0.39, 0.29) is 0 Å². The maximum atomic E-state index is 5.88. The van der Waals surface area contributed by atoms with Gasteiger partial charge in [-0.05, 0) is 27.7 Å². The average molecular weight is 485 g/mol. The molecule has 0 atom stereocenters. The van der Waals surface area contributed by atoms with Crippen molar-refractivity contribution in [1.82, 2.24) is 29.5 Å². The monoisotopic (exact) mass is 484 g/mol. The SMILES string of the molecule is CC1(C)N=C(N)n2nc(-c3ccccc3)nc2N1.CC1(C)N=C(N)n2nc(-c3ccccc3)nc2N1. The van der Waals surface area contributed by atoms with Crippen LogP contribution in [0.5, 0.6) is 0 Å². The Morgan fingerprint density at radius 3 is 1.33 bits per heavy atom. The number of rotatable bonds is 2. The Labute approximate surface area is 208 Å². The zero-order valence-corrected chi connectivity index (χ0v) is 20.5. The summed E-state index contributed by atoms with van der Waals surface area (Å²) >= 11 is 0. The third kappa shape index (κ3) is 4.60. The number of nitrogens with zero attached hydrogens (tertiary/aromatic N) is 8. The van der Waals surface area contributed by atoms with Crippen LogP contribution in [0.15, 0.2) is 70.6 Å². The molecule has 0 spiro atoms. The number of benzene rings is 2. The molecule has 12 nitrogen and oxygen atoms in total. The van der Waals surface area contributed by atoms with Crippen molar-refractivity contribution in [3.8, 4) is 22.8 Å². The van der Waals surface area contributed by atoms with Gasteiger partial charge >= 0.3 is 0 Å². The molecule has 2 aromatic heterocycles. The number of aromatic nitrogens is 6. The fourth-order valence-electron chi connectivity index (χ4n) is 3.80. The predicted molar refractivity (Wildman–Crippen MR) is 140 cm³/mol. The number of fused-ring (bicyclic) bond motifs is 2. The Bertz CT molecular complexity index is 1330. The topological polar surface area (TPSA) is 162 Å². The third-order valence-corrected chi connectivity index (χ3v) is 5.34. The van der Waals surface area contributed by atoms with Crippen LogP contribution in [0.3, 0.4) is 0 Å². The lowest BCUT2D eigenvalue weighted by atomic mass is 10.2. The molecule has 4 heterocycles. The van der Waals surface area contributed by atoms with Crippen LogP contribution in [-0.2, 0) is 0 Å². The van der Waals surface area contributed by atoms with Crippen LogP contribution in [0.25, 0.3) is 22.8 Å². The van der Waals surface area contributed by atoms with Gasteiger partial charge in [0, 0.05) is 11.1 Å².